The van der Waals surface area contributed by atoms with Gasteiger partial charge in [0.2, 0.25) is 11.6 Å². The number of halogens is 2. The second-order valence-corrected chi connectivity index (χ2v) is 9.54. The summed E-state index contributed by atoms with van der Waals surface area (Å²) in [6, 6.07) is 12.9. The molecule has 3 aromatic heterocycles. The summed E-state index contributed by atoms with van der Waals surface area (Å²) in [7, 11) is 0. The van der Waals surface area contributed by atoms with E-state index in [-0.39, 0.29) is 29.6 Å². The van der Waals surface area contributed by atoms with Crippen LogP contribution < -0.4 is 4.74 Å². The van der Waals surface area contributed by atoms with E-state index in [0.29, 0.717) is 32.8 Å². The minimum Gasteiger partial charge on any atom is -0.475 e. The minimum absolute atomic E-state index is 0.0113. The molecule has 0 saturated heterocycles. The van der Waals surface area contributed by atoms with E-state index in [9.17, 15) is 5.26 Å². The quantitative estimate of drug-likeness (QED) is 0.152. The highest BCUT2D eigenvalue weighted by Crippen LogP contribution is 2.42. The van der Waals surface area contributed by atoms with E-state index in [4.69, 9.17) is 39.6 Å². The number of thioether (sulfide) groups is 1. The van der Waals surface area contributed by atoms with Crippen LogP contribution in [0.15, 0.2) is 53.0 Å². The van der Waals surface area contributed by atoms with Gasteiger partial charge in [0.25, 0.3) is 0 Å². The molecule has 35 heavy (non-hydrogen) atoms. The Morgan fingerprint density at radius 1 is 1.14 bits per heavy atom. The SMILES string of the molecule is [C-]#[N+]c1c(Cl)nc(SCc2csc(-c3ccc(Cl)cc3)n2)c(C#N)c1-c1ccc(OCCO)nc1. The van der Waals surface area contributed by atoms with Gasteiger partial charge in [-0.25, -0.2) is 19.8 Å². The summed E-state index contributed by atoms with van der Waals surface area (Å²) in [5.41, 5.74) is 3.02. The van der Waals surface area contributed by atoms with Gasteiger partial charge in [0.1, 0.15) is 27.9 Å². The van der Waals surface area contributed by atoms with Crippen molar-refractivity contribution in [1.82, 2.24) is 15.0 Å². The van der Waals surface area contributed by atoms with Crippen LogP contribution in [0, 0.1) is 17.9 Å². The molecular weight excluding hydrogens is 525 g/mol. The first kappa shape index (κ1) is 24.9. The Morgan fingerprint density at radius 2 is 1.91 bits per heavy atom. The largest absolute Gasteiger partial charge is 0.475 e. The van der Waals surface area contributed by atoms with Crippen LogP contribution >= 0.6 is 46.3 Å². The van der Waals surface area contributed by atoms with Crippen LogP contribution in [0.4, 0.5) is 5.69 Å². The van der Waals surface area contributed by atoms with E-state index in [0.717, 1.165) is 16.3 Å². The maximum atomic E-state index is 9.97. The summed E-state index contributed by atoms with van der Waals surface area (Å²) in [4.78, 5) is 16.7. The number of rotatable bonds is 8. The number of benzene rings is 1. The lowest BCUT2D eigenvalue weighted by atomic mass is 10.0. The van der Waals surface area contributed by atoms with Crippen molar-refractivity contribution >= 4 is 52.0 Å². The molecule has 0 radical (unpaired) electrons. The van der Waals surface area contributed by atoms with Crippen LogP contribution in [0.2, 0.25) is 10.2 Å². The number of hydrogen-bond donors (Lipinski definition) is 1. The monoisotopic (exact) mass is 539 g/mol. The van der Waals surface area contributed by atoms with Gasteiger partial charge in [0.15, 0.2) is 0 Å². The van der Waals surface area contributed by atoms with Crippen molar-refractivity contribution in [2.24, 2.45) is 0 Å². The second-order valence-electron chi connectivity index (χ2n) is 6.93. The van der Waals surface area contributed by atoms with Crippen LogP contribution in [-0.4, -0.2) is 33.3 Å². The van der Waals surface area contributed by atoms with Gasteiger partial charge in [-0.15, -0.1) is 11.3 Å². The number of aliphatic hydroxyl groups excluding tert-OH is 1. The predicted molar refractivity (Wildman–Crippen MR) is 138 cm³/mol. The third-order valence-electron chi connectivity index (χ3n) is 4.69. The van der Waals surface area contributed by atoms with Gasteiger partial charge in [-0.05, 0) is 23.8 Å². The van der Waals surface area contributed by atoms with Gasteiger partial charge in [0, 0.05) is 39.5 Å². The molecular formula is C24H15Cl2N5O2S2. The molecule has 0 aliphatic rings. The number of aromatic nitrogens is 3. The Labute approximate surface area is 219 Å². The molecule has 0 aliphatic carbocycles. The molecule has 0 fully saturated rings. The fourth-order valence-electron chi connectivity index (χ4n) is 3.12. The lowest BCUT2D eigenvalue weighted by Crippen LogP contribution is -2.03. The fourth-order valence-corrected chi connectivity index (χ4v) is 5.33. The van der Waals surface area contributed by atoms with Crippen molar-refractivity contribution < 1.29 is 9.84 Å². The molecule has 0 bridgehead atoms. The number of nitriles is 1. The van der Waals surface area contributed by atoms with Crippen molar-refractivity contribution in [3.05, 3.63) is 80.8 Å². The first-order valence-electron chi connectivity index (χ1n) is 10.1. The molecule has 4 rings (SSSR count). The van der Waals surface area contributed by atoms with E-state index in [1.54, 1.807) is 12.1 Å². The van der Waals surface area contributed by atoms with E-state index in [2.05, 4.69) is 25.9 Å². The van der Waals surface area contributed by atoms with Crippen LogP contribution in [-0.2, 0) is 5.75 Å². The molecule has 1 aromatic carbocycles. The van der Waals surface area contributed by atoms with Crippen LogP contribution in [0.5, 0.6) is 5.88 Å². The Hall–Kier alpha value is -3.18. The summed E-state index contributed by atoms with van der Waals surface area (Å²) in [6.07, 6.45) is 1.50. The van der Waals surface area contributed by atoms with Crippen molar-refractivity contribution in [3.8, 4) is 33.6 Å². The maximum Gasteiger partial charge on any atom is 0.232 e. The van der Waals surface area contributed by atoms with Gasteiger partial charge in [-0.3, -0.25) is 0 Å². The molecule has 0 unspecified atom stereocenters. The van der Waals surface area contributed by atoms with E-state index < -0.39 is 0 Å². The molecule has 7 nitrogen and oxygen atoms in total. The number of thiazole rings is 1. The zero-order valence-electron chi connectivity index (χ0n) is 17.9. The van der Waals surface area contributed by atoms with Crippen molar-refractivity contribution in [2.45, 2.75) is 10.8 Å². The van der Waals surface area contributed by atoms with Crippen molar-refractivity contribution in [1.29, 1.82) is 5.26 Å². The maximum absolute atomic E-state index is 9.97. The highest BCUT2D eigenvalue weighted by Gasteiger charge is 2.22. The molecule has 11 heteroatoms. The summed E-state index contributed by atoms with van der Waals surface area (Å²) in [5, 5.41) is 22.8. The lowest BCUT2D eigenvalue weighted by molar-refractivity contribution is 0.196. The second kappa shape index (κ2) is 11.5. The molecule has 0 atom stereocenters. The van der Waals surface area contributed by atoms with Gasteiger partial charge in [-0.1, -0.05) is 47.1 Å². The first-order valence-corrected chi connectivity index (χ1v) is 12.7. The third kappa shape index (κ3) is 5.73. The Morgan fingerprint density at radius 3 is 2.57 bits per heavy atom. The van der Waals surface area contributed by atoms with Crippen LogP contribution in [0.1, 0.15) is 11.3 Å². The zero-order valence-corrected chi connectivity index (χ0v) is 21.0. The summed E-state index contributed by atoms with van der Waals surface area (Å²) in [5.74, 6) is 0.783. The van der Waals surface area contributed by atoms with Crippen LogP contribution in [0.3, 0.4) is 0 Å². The highest BCUT2D eigenvalue weighted by molar-refractivity contribution is 7.98. The summed E-state index contributed by atoms with van der Waals surface area (Å²) >= 11 is 15.2. The molecule has 0 aliphatic heterocycles. The zero-order chi connectivity index (χ0) is 24.8. The van der Waals surface area contributed by atoms with E-state index in [1.165, 1.54) is 29.3 Å². The summed E-state index contributed by atoms with van der Waals surface area (Å²) in [6.45, 7) is 7.56. The molecule has 3 heterocycles. The third-order valence-corrected chi connectivity index (χ3v) is 7.15. The highest BCUT2D eigenvalue weighted by atomic mass is 35.5. The van der Waals surface area contributed by atoms with Gasteiger partial charge >= 0.3 is 0 Å². The fraction of sp³-hybridized carbons (Fsp3) is 0.125. The number of hydrogen-bond acceptors (Lipinski definition) is 8. The van der Waals surface area contributed by atoms with Crippen molar-refractivity contribution in [3.63, 3.8) is 0 Å². The minimum atomic E-state index is -0.134. The number of aliphatic hydroxyl groups is 1. The van der Waals surface area contributed by atoms with E-state index >= 15 is 0 Å². The van der Waals surface area contributed by atoms with Gasteiger partial charge in [-0.2, -0.15) is 5.26 Å². The average Bonchev–Trinajstić information content (AvgIpc) is 3.35. The lowest BCUT2D eigenvalue weighted by Gasteiger charge is -2.12. The smallest absolute Gasteiger partial charge is 0.232 e. The number of pyridine rings is 2. The summed E-state index contributed by atoms with van der Waals surface area (Å²) < 4.78 is 5.29. The Kier molecular flexibility index (Phi) is 8.19. The molecule has 0 amide bonds. The van der Waals surface area contributed by atoms with Crippen LogP contribution in [0.25, 0.3) is 26.5 Å². The normalized spacial score (nSPS) is 10.5. The van der Waals surface area contributed by atoms with E-state index in [1.807, 2.05) is 29.6 Å². The standard InChI is InChI=1S/C24H15Cl2N5O2S2/c1-28-21-20(15-4-7-19(29-11-15)33-9-8-32)18(10-27)24(31-22(21)26)35-13-17-12-34-23(30-17)14-2-5-16(25)6-3-14/h2-7,11-12,32H,8-9,13H2. The van der Waals surface area contributed by atoms with Crippen molar-refractivity contribution in [2.75, 3.05) is 13.2 Å². The average molecular weight is 540 g/mol. The Bertz CT molecular complexity index is 1430. The number of ether oxygens (including phenoxy) is 1. The number of nitrogens with zero attached hydrogens (tertiary/aromatic N) is 5. The topological polar surface area (TPSA) is 96.3 Å². The first-order chi connectivity index (χ1) is 17.0. The van der Waals surface area contributed by atoms with Gasteiger partial charge < -0.3 is 9.84 Å². The predicted octanol–water partition coefficient (Wildman–Crippen LogP) is 6.66. The Balaban J connectivity index is 1.63. The molecule has 0 saturated carbocycles. The molecule has 0 spiro atoms. The molecule has 174 valence electrons. The molecule has 1 N–H and O–H groups in total. The van der Waals surface area contributed by atoms with Gasteiger partial charge in [0.05, 0.1) is 24.4 Å². The molecule has 4 aromatic rings.